The molecule has 2 fully saturated rings. The van der Waals surface area contributed by atoms with Gasteiger partial charge in [-0.15, -0.1) is 0 Å². The Morgan fingerprint density at radius 1 is 1.12 bits per heavy atom. The molecule has 136 valence electrons. The summed E-state index contributed by atoms with van der Waals surface area (Å²) >= 11 is 0. The van der Waals surface area contributed by atoms with Crippen molar-refractivity contribution < 1.29 is 14.3 Å². The molecule has 2 saturated heterocycles. The monoisotopic (exact) mass is 344 g/mol. The summed E-state index contributed by atoms with van der Waals surface area (Å²) in [7, 11) is 0. The summed E-state index contributed by atoms with van der Waals surface area (Å²) < 4.78 is 5.13. The molecule has 3 rings (SSSR count). The van der Waals surface area contributed by atoms with Gasteiger partial charge in [-0.1, -0.05) is 30.3 Å². The lowest BCUT2D eigenvalue weighted by Gasteiger charge is -2.33. The Hall–Kier alpha value is -1.88. The van der Waals surface area contributed by atoms with Crippen molar-refractivity contribution in [1.82, 2.24) is 9.80 Å². The number of nitrogens with zero attached hydrogens (tertiary/aromatic N) is 2. The number of esters is 1. The minimum atomic E-state index is -0.166. The van der Waals surface area contributed by atoms with Gasteiger partial charge in [-0.25, -0.2) is 0 Å². The zero-order valence-electron chi connectivity index (χ0n) is 15.0. The van der Waals surface area contributed by atoms with Gasteiger partial charge in [0.15, 0.2) is 0 Å². The lowest BCUT2D eigenvalue weighted by Crippen LogP contribution is -2.46. The number of likely N-dealkylation sites (tertiary alicyclic amines) is 2. The fourth-order valence-corrected chi connectivity index (χ4v) is 4.00. The first kappa shape index (κ1) is 17.9. The molecular formula is C20H28N2O3. The van der Waals surface area contributed by atoms with Crippen LogP contribution in [0.2, 0.25) is 0 Å². The van der Waals surface area contributed by atoms with E-state index in [9.17, 15) is 9.59 Å². The number of amides is 1. The maximum Gasteiger partial charge on any atom is 0.310 e. The summed E-state index contributed by atoms with van der Waals surface area (Å²) in [6, 6.07) is 10.8. The van der Waals surface area contributed by atoms with Gasteiger partial charge in [-0.2, -0.15) is 0 Å². The molecule has 0 radical (unpaired) electrons. The van der Waals surface area contributed by atoms with Crippen LogP contribution in [-0.2, 0) is 14.3 Å². The fourth-order valence-electron chi connectivity index (χ4n) is 4.00. The number of ether oxygens (including phenoxy) is 1. The van der Waals surface area contributed by atoms with Crippen LogP contribution in [0.25, 0.3) is 0 Å². The van der Waals surface area contributed by atoms with Crippen LogP contribution in [0, 0.1) is 5.92 Å². The van der Waals surface area contributed by atoms with Crippen molar-refractivity contribution >= 4 is 11.9 Å². The van der Waals surface area contributed by atoms with Crippen molar-refractivity contribution in [2.24, 2.45) is 5.92 Å². The number of hydrogen-bond donors (Lipinski definition) is 0. The van der Waals surface area contributed by atoms with Crippen molar-refractivity contribution in [2.45, 2.75) is 38.6 Å². The minimum Gasteiger partial charge on any atom is -0.466 e. The third-order valence-electron chi connectivity index (χ3n) is 5.28. The summed E-state index contributed by atoms with van der Waals surface area (Å²) in [4.78, 5) is 28.9. The summed E-state index contributed by atoms with van der Waals surface area (Å²) in [6.07, 6.45) is 3.91. The van der Waals surface area contributed by atoms with Crippen LogP contribution in [0.3, 0.4) is 0 Å². The molecule has 1 aromatic carbocycles. The molecule has 5 heteroatoms. The van der Waals surface area contributed by atoms with Crippen molar-refractivity contribution in [3.05, 3.63) is 35.9 Å². The van der Waals surface area contributed by atoms with E-state index in [4.69, 9.17) is 4.74 Å². The molecule has 2 atom stereocenters. The first-order valence-corrected chi connectivity index (χ1v) is 9.42. The number of hydrogen-bond acceptors (Lipinski definition) is 4. The molecule has 0 spiro atoms. The van der Waals surface area contributed by atoms with Crippen LogP contribution in [0.4, 0.5) is 0 Å². The molecule has 0 aromatic heterocycles. The molecule has 25 heavy (non-hydrogen) atoms. The number of carbonyl (C=O) groups is 2. The molecule has 5 nitrogen and oxygen atoms in total. The predicted molar refractivity (Wildman–Crippen MR) is 95.9 cm³/mol. The van der Waals surface area contributed by atoms with Gasteiger partial charge in [0.2, 0.25) is 5.91 Å². The number of rotatable bonds is 5. The average molecular weight is 344 g/mol. The first-order chi connectivity index (χ1) is 12.2. The molecule has 1 amide bonds. The highest BCUT2D eigenvalue weighted by molar-refractivity contribution is 5.80. The fraction of sp³-hybridized carbons (Fsp3) is 0.600. The molecule has 2 heterocycles. The zero-order chi connectivity index (χ0) is 17.6. The van der Waals surface area contributed by atoms with Gasteiger partial charge in [0.25, 0.3) is 0 Å². The summed E-state index contributed by atoms with van der Waals surface area (Å²) in [5, 5.41) is 0. The Balaban J connectivity index is 1.58. The number of piperidine rings is 1. The largest absolute Gasteiger partial charge is 0.466 e. The first-order valence-electron chi connectivity index (χ1n) is 9.42. The average Bonchev–Trinajstić information content (AvgIpc) is 3.11. The van der Waals surface area contributed by atoms with Crippen LogP contribution < -0.4 is 0 Å². The third-order valence-corrected chi connectivity index (χ3v) is 5.28. The molecular weight excluding hydrogens is 316 g/mol. The Morgan fingerprint density at radius 3 is 2.64 bits per heavy atom. The van der Waals surface area contributed by atoms with E-state index in [0.717, 1.165) is 38.8 Å². The molecule has 1 aromatic rings. The Kier molecular flexibility index (Phi) is 6.08. The standard InChI is InChI=1S/C20H28N2O3/c1-2-25-20(24)17-10-6-13-22(14-17)19(23)15-21-12-7-11-18(21)16-8-4-3-5-9-16/h3-5,8-9,17-18H,2,6-7,10-15H2,1H3. The lowest BCUT2D eigenvalue weighted by atomic mass is 9.98. The summed E-state index contributed by atoms with van der Waals surface area (Å²) in [5.74, 6) is -0.193. The van der Waals surface area contributed by atoms with Crippen molar-refractivity contribution in [3.8, 4) is 0 Å². The number of benzene rings is 1. The van der Waals surface area contributed by atoms with E-state index >= 15 is 0 Å². The maximum atomic E-state index is 12.8. The predicted octanol–water partition coefficient (Wildman–Crippen LogP) is 2.63. The van der Waals surface area contributed by atoms with Crippen molar-refractivity contribution in [1.29, 1.82) is 0 Å². The minimum absolute atomic E-state index is 0.136. The molecule has 0 saturated carbocycles. The molecule has 0 bridgehead atoms. The van der Waals surface area contributed by atoms with Crippen LogP contribution in [0.5, 0.6) is 0 Å². The normalized spacial score (nSPS) is 24.3. The van der Waals surface area contributed by atoms with Gasteiger partial charge in [0.1, 0.15) is 0 Å². The number of carbonyl (C=O) groups excluding carboxylic acids is 2. The molecule has 2 unspecified atom stereocenters. The summed E-state index contributed by atoms with van der Waals surface area (Å²) in [5.41, 5.74) is 1.29. The molecule has 2 aliphatic rings. The van der Waals surface area contributed by atoms with Gasteiger partial charge in [-0.3, -0.25) is 14.5 Å². The van der Waals surface area contributed by atoms with Crippen LogP contribution in [0.1, 0.15) is 44.2 Å². The zero-order valence-corrected chi connectivity index (χ0v) is 15.0. The van der Waals surface area contributed by atoms with Crippen LogP contribution in [-0.4, -0.2) is 54.5 Å². The van der Waals surface area contributed by atoms with Gasteiger partial charge in [-0.05, 0) is 44.7 Å². The van der Waals surface area contributed by atoms with E-state index in [1.54, 1.807) is 0 Å². The van der Waals surface area contributed by atoms with Gasteiger partial charge >= 0.3 is 5.97 Å². The smallest absolute Gasteiger partial charge is 0.310 e. The van der Waals surface area contributed by atoms with E-state index in [1.807, 2.05) is 17.9 Å². The highest BCUT2D eigenvalue weighted by Crippen LogP contribution is 2.31. The van der Waals surface area contributed by atoms with E-state index in [-0.39, 0.29) is 17.8 Å². The van der Waals surface area contributed by atoms with E-state index in [0.29, 0.717) is 25.7 Å². The second-order valence-electron chi connectivity index (χ2n) is 6.97. The Morgan fingerprint density at radius 2 is 1.88 bits per heavy atom. The van der Waals surface area contributed by atoms with Gasteiger partial charge in [0, 0.05) is 19.1 Å². The van der Waals surface area contributed by atoms with Gasteiger partial charge in [0.05, 0.1) is 19.1 Å². The SMILES string of the molecule is CCOC(=O)C1CCCN(C(=O)CN2CCCC2c2ccccc2)C1. The molecule has 0 aliphatic carbocycles. The van der Waals surface area contributed by atoms with E-state index < -0.39 is 0 Å². The summed E-state index contributed by atoms with van der Waals surface area (Å²) in [6.45, 7) is 4.87. The Labute approximate surface area is 149 Å². The van der Waals surface area contributed by atoms with Gasteiger partial charge < -0.3 is 9.64 Å². The highest BCUT2D eigenvalue weighted by Gasteiger charge is 2.32. The topological polar surface area (TPSA) is 49.9 Å². The highest BCUT2D eigenvalue weighted by atomic mass is 16.5. The maximum absolute atomic E-state index is 12.8. The Bertz CT molecular complexity index is 590. The lowest BCUT2D eigenvalue weighted by molar-refractivity contribution is -0.151. The van der Waals surface area contributed by atoms with Crippen LogP contribution in [0.15, 0.2) is 30.3 Å². The molecule has 2 aliphatic heterocycles. The van der Waals surface area contributed by atoms with E-state index in [1.165, 1.54) is 5.56 Å². The van der Waals surface area contributed by atoms with E-state index in [2.05, 4.69) is 29.2 Å². The second kappa shape index (κ2) is 8.48. The van der Waals surface area contributed by atoms with Crippen LogP contribution >= 0.6 is 0 Å². The van der Waals surface area contributed by atoms with Crippen molar-refractivity contribution in [2.75, 3.05) is 32.8 Å². The quantitative estimate of drug-likeness (QED) is 0.771. The molecule has 0 N–H and O–H groups in total. The third kappa shape index (κ3) is 4.40. The second-order valence-corrected chi connectivity index (χ2v) is 6.97. The van der Waals surface area contributed by atoms with Crippen molar-refractivity contribution in [3.63, 3.8) is 0 Å².